The van der Waals surface area contributed by atoms with Crippen molar-refractivity contribution in [1.29, 1.82) is 5.26 Å². The molecule has 1 aliphatic rings. The largest absolute Gasteiger partial charge is 0.383 e. The van der Waals surface area contributed by atoms with Gasteiger partial charge in [-0.05, 0) is 18.6 Å². The summed E-state index contributed by atoms with van der Waals surface area (Å²) in [5, 5.41) is 12.4. The van der Waals surface area contributed by atoms with Gasteiger partial charge in [0.1, 0.15) is 11.4 Å². The minimum Gasteiger partial charge on any atom is -0.383 e. The van der Waals surface area contributed by atoms with E-state index >= 15 is 0 Å². The number of hydrogen-bond donors (Lipinski definition) is 3. The number of nitrogens with one attached hydrogen (secondary N) is 2. The number of nitrogens with two attached hydrogens (primary N) is 1. The molecule has 1 fully saturated rings. The highest BCUT2D eigenvalue weighted by Crippen LogP contribution is 2.21. The molecule has 2 aromatic rings. The van der Waals surface area contributed by atoms with Crippen molar-refractivity contribution in [2.24, 2.45) is 16.6 Å². The summed E-state index contributed by atoms with van der Waals surface area (Å²) in [5.41, 5.74) is 6.34. The molecule has 4 N–H and O–H groups in total. The first-order valence-corrected chi connectivity index (χ1v) is 8.00. The normalized spacial score (nSPS) is 20.4. The smallest absolute Gasteiger partial charge is 0.261 e. The van der Waals surface area contributed by atoms with Crippen LogP contribution in [0.15, 0.2) is 40.4 Å². The fourth-order valence-electron chi connectivity index (χ4n) is 2.74. The quantitative estimate of drug-likeness (QED) is 0.430. The Balaban J connectivity index is 1.95. The van der Waals surface area contributed by atoms with Gasteiger partial charge in [0.05, 0.1) is 36.0 Å². The van der Waals surface area contributed by atoms with Crippen LogP contribution in [-0.4, -0.2) is 35.1 Å². The summed E-state index contributed by atoms with van der Waals surface area (Å²) in [4.78, 5) is 22.4. The van der Waals surface area contributed by atoms with E-state index in [1.165, 1.54) is 18.5 Å². The summed E-state index contributed by atoms with van der Waals surface area (Å²) in [5.74, 6) is -1.02. The van der Waals surface area contributed by atoms with Gasteiger partial charge in [0, 0.05) is 25.1 Å². The number of aromatic amines is 1. The van der Waals surface area contributed by atoms with E-state index in [1.807, 2.05) is 0 Å². The van der Waals surface area contributed by atoms with Crippen LogP contribution < -0.4 is 16.6 Å². The Bertz CT molecular complexity index is 920. The number of hydrogen-bond acceptors (Lipinski definition) is 6. The zero-order valence-corrected chi connectivity index (χ0v) is 13.8. The minimum atomic E-state index is -0.699. The highest BCUT2D eigenvalue weighted by Gasteiger charge is 2.27. The van der Waals surface area contributed by atoms with Crippen LogP contribution in [0.2, 0.25) is 0 Å². The summed E-state index contributed by atoms with van der Waals surface area (Å²) in [6, 6.07) is 6.18. The molecule has 0 spiro atoms. The monoisotopic (exact) mass is 356 g/mol. The predicted octanol–water partition coefficient (Wildman–Crippen LogP) is 1.29. The average molecular weight is 356 g/mol. The van der Waals surface area contributed by atoms with Gasteiger partial charge in [-0.1, -0.05) is 0 Å². The second-order valence-electron chi connectivity index (χ2n) is 5.78. The number of pyridine rings is 2. The molecule has 0 bridgehead atoms. The van der Waals surface area contributed by atoms with Crippen LogP contribution >= 0.6 is 0 Å². The van der Waals surface area contributed by atoms with E-state index in [1.54, 1.807) is 6.07 Å². The van der Waals surface area contributed by atoms with Gasteiger partial charge in [0.2, 0.25) is 5.95 Å². The van der Waals surface area contributed by atoms with E-state index in [2.05, 4.69) is 26.3 Å². The number of amidine groups is 1. The van der Waals surface area contributed by atoms with Gasteiger partial charge in [-0.2, -0.15) is 9.65 Å². The number of H-pyrrole nitrogens is 1. The topological polar surface area (TPSA) is 129 Å². The molecule has 26 heavy (non-hydrogen) atoms. The summed E-state index contributed by atoms with van der Waals surface area (Å²) in [6.45, 7) is 0.868. The van der Waals surface area contributed by atoms with Crippen LogP contribution in [0.1, 0.15) is 12.0 Å². The molecule has 2 atom stereocenters. The third-order valence-corrected chi connectivity index (χ3v) is 4.04. The molecule has 2 aromatic heterocycles. The van der Waals surface area contributed by atoms with E-state index < -0.39 is 11.5 Å². The second kappa shape index (κ2) is 7.76. The zero-order valence-electron chi connectivity index (χ0n) is 13.8. The third-order valence-electron chi connectivity index (χ3n) is 4.04. The Labute approximate surface area is 148 Å². The van der Waals surface area contributed by atoms with Crippen LogP contribution in [0.25, 0.3) is 0 Å². The maximum absolute atomic E-state index is 13.2. The fourth-order valence-corrected chi connectivity index (χ4v) is 2.74. The number of rotatable bonds is 4. The van der Waals surface area contributed by atoms with Crippen LogP contribution in [0.3, 0.4) is 0 Å². The van der Waals surface area contributed by atoms with E-state index in [0.29, 0.717) is 25.3 Å². The fraction of sp³-hybridized carbons (Fsp3) is 0.294. The van der Waals surface area contributed by atoms with Crippen molar-refractivity contribution in [3.8, 4) is 6.07 Å². The van der Waals surface area contributed by atoms with E-state index in [0.717, 1.165) is 6.07 Å². The number of ether oxygens (including phenoxy) is 1. The first-order valence-electron chi connectivity index (χ1n) is 8.00. The Morgan fingerprint density at radius 1 is 1.54 bits per heavy atom. The summed E-state index contributed by atoms with van der Waals surface area (Å²) >= 11 is 0. The maximum Gasteiger partial charge on any atom is 0.261 e. The number of halogens is 1. The van der Waals surface area contributed by atoms with Gasteiger partial charge in [0.15, 0.2) is 0 Å². The van der Waals surface area contributed by atoms with Crippen LogP contribution in [0, 0.1) is 23.2 Å². The first-order chi connectivity index (χ1) is 12.6. The molecule has 134 valence electrons. The van der Waals surface area contributed by atoms with Crippen molar-refractivity contribution in [2.75, 3.05) is 18.5 Å². The zero-order chi connectivity index (χ0) is 18.5. The molecule has 1 unspecified atom stereocenters. The second-order valence-corrected chi connectivity index (χ2v) is 5.78. The SMILES string of the molecule is N#CC1CCOC[C@@H]1Nc1cc[nH]c(=O)c1C(N)=Nc1ccnc(F)c1. The van der Waals surface area contributed by atoms with Crippen molar-refractivity contribution in [3.05, 3.63) is 52.5 Å². The summed E-state index contributed by atoms with van der Waals surface area (Å²) in [7, 11) is 0. The lowest BCUT2D eigenvalue weighted by Gasteiger charge is -2.29. The summed E-state index contributed by atoms with van der Waals surface area (Å²) < 4.78 is 18.6. The van der Waals surface area contributed by atoms with Crippen molar-refractivity contribution >= 4 is 17.2 Å². The molecule has 8 nitrogen and oxygen atoms in total. The Morgan fingerprint density at radius 3 is 3.15 bits per heavy atom. The van der Waals surface area contributed by atoms with Crippen molar-refractivity contribution in [2.45, 2.75) is 12.5 Å². The lowest BCUT2D eigenvalue weighted by Crippen LogP contribution is -2.39. The van der Waals surface area contributed by atoms with Crippen LogP contribution in [0.5, 0.6) is 0 Å². The maximum atomic E-state index is 13.2. The highest BCUT2D eigenvalue weighted by atomic mass is 19.1. The lowest BCUT2D eigenvalue weighted by molar-refractivity contribution is 0.0699. The van der Waals surface area contributed by atoms with E-state index in [9.17, 15) is 14.4 Å². The third kappa shape index (κ3) is 3.87. The van der Waals surface area contributed by atoms with Gasteiger partial charge in [-0.25, -0.2) is 9.98 Å². The molecule has 0 radical (unpaired) electrons. The Hall–Kier alpha value is -3.25. The molecular weight excluding hydrogens is 339 g/mol. The van der Waals surface area contributed by atoms with Gasteiger partial charge >= 0.3 is 0 Å². The van der Waals surface area contributed by atoms with Gasteiger partial charge in [0.25, 0.3) is 5.56 Å². The number of aliphatic imine (C=N–C) groups is 1. The number of anilines is 1. The van der Waals surface area contributed by atoms with E-state index in [-0.39, 0.29) is 29.0 Å². The van der Waals surface area contributed by atoms with Gasteiger partial charge in [-0.3, -0.25) is 4.79 Å². The molecule has 3 rings (SSSR count). The predicted molar refractivity (Wildman–Crippen MR) is 93.6 cm³/mol. The number of nitriles is 1. The lowest BCUT2D eigenvalue weighted by atomic mass is 9.96. The standard InChI is InChI=1S/C17H17FN6O2/c18-14-7-11(1-4-21-14)23-16(20)15-12(2-5-22-17(15)25)24-13-9-26-6-3-10(13)8-19/h1-2,4-5,7,10,13H,3,6,9H2,(H2,20,21,23)(H2,22,24,25)/t10?,13-/m0/s1. The molecule has 0 aliphatic carbocycles. The van der Waals surface area contributed by atoms with Crippen LogP contribution in [-0.2, 0) is 4.74 Å². The molecule has 0 saturated carbocycles. The Kier molecular flexibility index (Phi) is 5.24. The summed E-state index contributed by atoms with van der Waals surface area (Å²) in [6.07, 6.45) is 3.33. The minimum absolute atomic E-state index is 0.0785. The van der Waals surface area contributed by atoms with Crippen LogP contribution in [0.4, 0.5) is 15.8 Å². The highest BCUT2D eigenvalue weighted by molar-refractivity contribution is 6.03. The molecule has 0 amide bonds. The number of aromatic nitrogens is 2. The molecule has 1 aliphatic heterocycles. The first kappa shape index (κ1) is 17.6. The molecule has 0 aromatic carbocycles. The molecular formula is C17H17FN6O2. The van der Waals surface area contributed by atoms with Gasteiger partial charge < -0.3 is 20.8 Å². The molecule has 1 saturated heterocycles. The molecule has 3 heterocycles. The van der Waals surface area contributed by atoms with Crippen molar-refractivity contribution in [1.82, 2.24) is 9.97 Å². The average Bonchev–Trinajstić information content (AvgIpc) is 2.62. The van der Waals surface area contributed by atoms with Crippen molar-refractivity contribution < 1.29 is 9.13 Å². The molecule has 9 heteroatoms. The van der Waals surface area contributed by atoms with E-state index in [4.69, 9.17) is 10.5 Å². The van der Waals surface area contributed by atoms with Gasteiger partial charge in [-0.15, -0.1) is 0 Å². The van der Waals surface area contributed by atoms with Crippen molar-refractivity contribution in [3.63, 3.8) is 0 Å². The number of nitrogens with zero attached hydrogens (tertiary/aromatic N) is 3. The Morgan fingerprint density at radius 2 is 2.38 bits per heavy atom.